The zero-order valence-electron chi connectivity index (χ0n) is 18.0. The molecule has 0 aromatic carbocycles. The third-order valence-electron chi connectivity index (χ3n) is 6.14. The van der Waals surface area contributed by atoms with E-state index in [1.54, 1.807) is 0 Å². The molecule has 0 spiro atoms. The molecule has 9 heteroatoms. The predicted molar refractivity (Wildman–Crippen MR) is 94.3 cm³/mol. The van der Waals surface area contributed by atoms with Gasteiger partial charge in [0.15, 0.2) is 0 Å². The smallest absolute Gasteiger partial charge is 0.322 e. The molecule has 28 heavy (non-hydrogen) atoms. The molecule has 2 unspecified atom stereocenters. The highest BCUT2D eigenvalue weighted by Crippen LogP contribution is 2.66. The van der Waals surface area contributed by atoms with Crippen LogP contribution >= 0.6 is 0 Å². The van der Waals surface area contributed by atoms with Gasteiger partial charge in [-0.3, -0.25) is 0 Å². The lowest BCUT2D eigenvalue weighted by Gasteiger charge is -2.57. The molecule has 1 nitrogen and oxygen atoms in total. The lowest BCUT2D eigenvalue weighted by Crippen LogP contribution is -2.76. The molecule has 0 aromatic heterocycles. The fourth-order valence-electron chi connectivity index (χ4n) is 3.74. The molecular weight excluding hydrogens is 394 g/mol. The Balaban J connectivity index is 6.89. The Hall–Kier alpha value is -0.600. The van der Waals surface area contributed by atoms with Crippen LogP contribution in [0.25, 0.3) is 0 Å². The van der Waals surface area contributed by atoms with E-state index in [1.165, 1.54) is 27.7 Å². The lowest BCUT2D eigenvalue weighted by atomic mass is 9.53. The second kappa shape index (κ2) is 6.98. The minimum atomic E-state index is -6.08. The molecule has 0 aromatic rings. The Morgan fingerprint density at radius 1 is 0.679 bits per heavy atom. The lowest BCUT2D eigenvalue weighted by molar-refractivity contribution is -0.369. The predicted octanol–water partition coefficient (Wildman–Crippen LogP) is 7.14. The number of rotatable bonds is 7. The second-order valence-electron chi connectivity index (χ2n) is 10.2. The van der Waals surface area contributed by atoms with Gasteiger partial charge < -0.3 is 5.73 Å². The van der Waals surface area contributed by atoms with Crippen molar-refractivity contribution < 1.29 is 35.1 Å². The maximum absolute atomic E-state index is 15.4. The average Bonchev–Trinajstić information content (AvgIpc) is 2.39. The maximum Gasteiger partial charge on any atom is 0.430 e. The number of halogens is 8. The van der Waals surface area contributed by atoms with Crippen molar-refractivity contribution in [3.05, 3.63) is 0 Å². The monoisotopic (exact) mass is 427 g/mol. The first-order chi connectivity index (χ1) is 11.8. The number of alkyl halides is 8. The molecule has 0 heterocycles. The van der Waals surface area contributed by atoms with E-state index in [0.717, 1.165) is 6.92 Å². The van der Waals surface area contributed by atoms with Crippen LogP contribution < -0.4 is 5.73 Å². The van der Waals surface area contributed by atoms with Crippen molar-refractivity contribution in [2.24, 2.45) is 22.0 Å². The van der Waals surface area contributed by atoms with Gasteiger partial charge in [-0.1, -0.05) is 48.5 Å². The van der Waals surface area contributed by atoms with Gasteiger partial charge >= 0.3 is 6.18 Å². The third-order valence-corrected chi connectivity index (χ3v) is 6.14. The molecule has 0 aliphatic heterocycles. The summed E-state index contributed by atoms with van der Waals surface area (Å²) >= 11 is 0. The van der Waals surface area contributed by atoms with Gasteiger partial charge in [0.25, 0.3) is 17.5 Å². The van der Waals surface area contributed by atoms with Crippen LogP contribution in [0.4, 0.5) is 35.1 Å². The average molecular weight is 427 g/mol. The SMILES string of the molecule is CCC(C)(C(F)(F)CC(C)(C)C)C(C)(C)C(F)(F)C(F)(C(C)(C)N)C(F)(F)F. The normalized spacial score (nSPS) is 19.9. The molecule has 0 bridgehead atoms. The Morgan fingerprint density at radius 3 is 1.25 bits per heavy atom. The highest BCUT2D eigenvalue weighted by atomic mass is 19.4. The molecule has 0 saturated heterocycles. The molecule has 170 valence electrons. The summed E-state index contributed by atoms with van der Waals surface area (Å²) in [4.78, 5) is 0. The van der Waals surface area contributed by atoms with E-state index in [1.807, 2.05) is 0 Å². The van der Waals surface area contributed by atoms with Crippen LogP contribution in [0.3, 0.4) is 0 Å². The van der Waals surface area contributed by atoms with Crippen molar-refractivity contribution >= 4 is 0 Å². The summed E-state index contributed by atoms with van der Waals surface area (Å²) in [6.45, 7) is 8.39. The van der Waals surface area contributed by atoms with E-state index in [-0.39, 0.29) is 0 Å². The Bertz CT molecular complexity index is 538. The summed E-state index contributed by atoms with van der Waals surface area (Å²) in [5.41, 5.74) is -9.87. The standard InChI is InChI=1S/C19H33F8N/c1-10-15(9,16(20,21)11-12(2,3)4)13(5,6)18(23,24)17(22,14(7,8)28)19(25,26)27/h10-11,28H2,1-9H3. The molecule has 0 aliphatic carbocycles. The molecular formula is C19H33F8N. The summed E-state index contributed by atoms with van der Waals surface area (Å²) in [7, 11) is 0. The van der Waals surface area contributed by atoms with Gasteiger partial charge in [0.05, 0.1) is 5.54 Å². The van der Waals surface area contributed by atoms with Gasteiger partial charge in [-0.25, -0.2) is 22.0 Å². The zero-order valence-corrected chi connectivity index (χ0v) is 18.0. The minimum absolute atomic E-state index is 0.473. The van der Waals surface area contributed by atoms with Gasteiger partial charge in [0.2, 0.25) is 0 Å². The summed E-state index contributed by atoms with van der Waals surface area (Å²) in [6.07, 6.45) is -7.54. The summed E-state index contributed by atoms with van der Waals surface area (Å²) in [5, 5.41) is 0. The van der Waals surface area contributed by atoms with E-state index in [2.05, 4.69) is 0 Å². The molecule has 0 fully saturated rings. The molecule has 0 radical (unpaired) electrons. The quantitative estimate of drug-likeness (QED) is 0.429. The molecule has 0 aliphatic rings. The van der Waals surface area contributed by atoms with Crippen LogP contribution in [0.5, 0.6) is 0 Å². The highest BCUT2D eigenvalue weighted by molar-refractivity contribution is 5.19. The van der Waals surface area contributed by atoms with Crippen molar-refractivity contribution in [1.29, 1.82) is 0 Å². The van der Waals surface area contributed by atoms with E-state index >= 15 is 22.0 Å². The van der Waals surface area contributed by atoms with Crippen LogP contribution in [-0.2, 0) is 0 Å². The Kier molecular flexibility index (Phi) is 6.83. The fraction of sp³-hybridized carbons (Fsp3) is 1.00. The summed E-state index contributed by atoms with van der Waals surface area (Å²) < 4.78 is 117. The topological polar surface area (TPSA) is 26.0 Å². The molecule has 0 amide bonds. The van der Waals surface area contributed by atoms with Crippen molar-refractivity contribution in [2.45, 2.75) is 104 Å². The van der Waals surface area contributed by atoms with Crippen LogP contribution in [-0.4, -0.2) is 29.2 Å². The van der Waals surface area contributed by atoms with Crippen LogP contribution in [0.15, 0.2) is 0 Å². The largest absolute Gasteiger partial charge is 0.430 e. The van der Waals surface area contributed by atoms with Gasteiger partial charge in [-0.2, -0.15) is 13.2 Å². The number of hydrogen-bond donors (Lipinski definition) is 1. The van der Waals surface area contributed by atoms with Gasteiger partial charge in [-0.15, -0.1) is 0 Å². The maximum atomic E-state index is 15.4. The first-order valence-electron chi connectivity index (χ1n) is 9.07. The third kappa shape index (κ3) is 3.88. The van der Waals surface area contributed by atoms with E-state index in [9.17, 15) is 13.2 Å². The first-order valence-corrected chi connectivity index (χ1v) is 9.07. The van der Waals surface area contributed by atoms with Gasteiger partial charge in [0.1, 0.15) is 0 Å². The van der Waals surface area contributed by atoms with Crippen LogP contribution in [0.1, 0.15) is 75.2 Å². The fourth-order valence-corrected chi connectivity index (χ4v) is 3.74. The highest BCUT2D eigenvalue weighted by Gasteiger charge is 2.83. The molecule has 0 saturated carbocycles. The first kappa shape index (κ1) is 27.4. The van der Waals surface area contributed by atoms with Gasteiger partial charge in [-0.05, 0) is 25.7 Å². The van der Waals surface area contributed by atoms with Crippen molar-refractivity contribution in [3.8, 4) is 0 Å². The van der Waals surface area contributed by atoms with Gasteiger partial charge in [0, 0.05) is 17.3 Å². The Morgan fingerprint density at radius 2 is 1.04 bits per heavy atom. The molecule has 2 atom stereocenters. The van der Waals surface area contributed by atoms with Crippen LogP contribution in [0, 0.1) is 16.2 Å². The summed E-state index contributed by atoms with van der Waals surface area (Å²) in [6, 6.07) is 0. The zero-order chi connectivity index (χ0) is 23.4. The molecule has 2 N–H and O–H groups in total. The van der Waals surface area contributed by atoms with Crippen molar-refractivity contribution in [1.82, 2.24) is 0 Å². The number of hydrogen-bond acceptors (Lipinski definition) is 1. The van der Waals surface area contributed by atoms with Crippen molar-refractivity contribution in [2.75, 3.05) is 0 Å². The minimum Gasteiger partial charge on any atom is -0.322 e. The van der Waals surface area contributed by atoms with E-state index in [4.69, 9.17) is 5.73 Å². The summed E-state index contributed by atoms with van der Waals surface area (Å²) in [5.74, 6) is -9.07. The second-order valence-corrected chi connectivity index (χ2v) is 10.2. The van der Waals surface area contributed by atoms with Crippen LogP contribution in [0.2, 0.25) is 0 Å². The van der Waals surface area contributed by atoms with E-state index < -0.39 is 58.3 Å². The number of nitrogens with two attached hydrogens (primary N) is 1. The van der Waals surface area contributed by atoms with Crippen molar-refractivity contribution in [3.63, 3.8) is 0 Å². The van der Waals surface area contributed by atoms with E-state index in [0.29, 0.717) is 27.7 Å². The Labute approximate surface area is 162 Å². The molecule has 0 rings (SSSR count).